The molecule has 0 aromatic carbocycles. The van der Waals surface area contributed by atoms with Gasteiger partial charge < -0.3 is 0 Å². The summed E-state index contributed by atoms with van der Waals surface area (Å²) in [5, 5.41) is -0.150. The van der Waals surface area contributed by atoms with Gasteiger partial charge in [0.25, 0.3) is 0 Å². The van der Waals surface area contributed by atoms with Crippen LogP contribution in [0, 0.1) is 5.92 Å². The predicted octanol–water partition coefficient (Wildman–Crippen LogP) is 1.89. The molecule has 1 aromatic heterocycles. The van der Waals surface area contributed by atoms with Crippen LogP contribution in [0.1, 0.15) is 6.92 Å². The van der Waals surface area contributed by atoms with Gasteiger partial charge in [-0.25, -0.2) is 18.4 Å². The summed E-state index contributed by atoms with van der Waals surface area (Å²) in [4.78, 5) is 7.50. The summed E-state index contributed by atoms with van der Waals surface area (Å²) >= 11 is 8.69. The Balaban J connectivity index is 2.91. The van der Waals surface area contributed by atoms with E-state index in [1.54, 1.807) is 6.92 Å². The van der Waals surface area contributed by atoms with E-state index in [-0.39, 0.29) is 16.8 Å². The third-order valence-corrected chi connectivity index (χ3v) is 4.35. The smallest absolute Gasteiger partial charge is 0.226 e. The van der Waals surface area contributed by atoms with Crippen LogP contribution >= 0.6 is 27.5 Å². The molecule has 0 aliphatic carbocycles. The highest BCUT2D eigenvalue weighted by molar-refractivity contribution is 9.10. The van der Waals surface area contributed by atoms with E-state index >= 15 is 0 Å². The van der Waals surface area contributed by atoms with Crippen molar-refractivity contribution in [1.82, 2.24) is 9.97 Å². The maximum Gasteiger partial charge on any atom is 0.247 e. The average Bonchev–Trinajstić information content (AvgIpc) is 2.17. The van der Waals surface area contributed by atoms with Gasteiger partial charge in [-0.1, -0.05) is 6.92 Å². The van der Waals surface area contributed by atoms with Gasteiger partial charge in [-0.15, -0.1) is 11.6 Å². The van der Waals surface area contributed by atoms with Crippen molar-refractivity contribution in [3.8, 4) is 0 Å². The molecular formula is C8H10BrClN2O2S. The van der Waals surface area contributed by atoms with E-state index in [9.17, 15) is 8.42 Å². The van der Waals surface area contributed by atoms with Crippen LogP contribution in [0.5, 0.6) is 0 Å². The van der Waals surface area contributed by atoms with Gasteiger partial charge in [0.1, 0.15) is 0 Å². The fourth-order valence-electron chi connectivity index (χ4n) is 0.955. The SMILES string of the molecule is CC(CCl)CS(=O)(=O)c1ncc(Br)cn1. The van der Waals surface area contributed by atoms with E-state index < -0.39 is 9.84 Å². The van der Waals surface area contributed by atoms with E-state index in [0.29, 0.717) is 10.4 Å². The zero-order valence-corrected chi connectivity index (χ0v) is 11.2. The van der Waals surface area contributed by atoms with Gasteiger partial charge in [0.05, 0.1) is 10.2 Å². The second-order valence-corrected chi connectivity index (χ2v) is 6.38. The minimum atomic E-state index is -3.42. The van der Waals surface area contributed by atoms with Gasteiger partial charge in [-0.3, -0.25) is 0 Å². The van der Waals surface area contributed by atoms with Gasteiger partial charge in [-0.2, -0.15) is 0 Å². The quantitative estimate of drug-likeness (QED) is 0.629. The molecule has 1 rings (SSSR count). The Bertz CT molecular complexity index is 421. The lowest BCUT2D eigenvalue weighted by atomic mass is 10.3. The topological polar surface area (TPSA) is 59.9 Å². The molecule has 15 heavy (non-hydrogen) atoms. The van der Waals surface area contributed by atoms with E-state index in [2.05, 4.69) is 25.9 Å². The fourth-order valence-corrected chi connectivity index (χ4v) is 2.84. The Morgan fingerprint density at radius 3 is 2.47 bits per heavy atom. The summed E-state index contributed by atoms with van der Waals surface area (Å²) in [6, 6.07) is 0. The predicted molar refractivity (Wildman–Crippen MR) is 61.7 cm³/mol. The first kappa shape index (κ1) is 12.9. The van der Waals surface area contributed by atoms with Gasteiger partial charge >= 0.3 is 0 Å². The van der Waals surface area contributed by atoms with Gasteiger partial charge in [0.15, 0.2) is 0 Å². The molecule has 0 saturated carbocycles. The molecule has 0 fully saturated rings. The minimum absolute atomic E-state index is 0.0296. The third-order valence-electron chi connectivity index (χ3n) is 1.64. The largest absolute Gasteiger partial charge is 0.247 e. The second kappa shape index (κ2) is 5.23. The fraction of sp³-hybridized carbons (Fsp3) is 0.500. The van der Waals surface area contributed by atoms with E-state index in [1.165, 1.54) is 12.4 Å². The molecular weight excluding hydrogens is 304 g/mol. The van der Waals surface area contributed by atoms with Crippen molar-refractivity contribution in [2.45, 2.75) is 12.1 Å². The van der Waals surface area contributed by atoms with Crippen molar-refractivity contribution >= 4 is 37.4 Å². The molecule has 7 heteroatoms. The molecule has 1 aromatic rings. The van der Waals surface area contributed by atoms with Crippen molar-refractivity contribution in [1.29, 1.82) is 0 Å². The Kier molecular flexibility index (Phi) is 4.48. The van der Waals surface area contributed by atoms with E-state index in [1.807, 2.05) is 0 Å². The number of alkyl halides is 1. The second-order valence-electron chi connectivity index (χ2n) is 3.22. The Morgan fingerprint density at radius 1 is 1.47 bits per heavy atom. The molecule has 1 unspecified atom stereocenters. The molecule has 0 radical (unpaired) electrons. The molecule has 0 aliphatic rings. The lowest BCUT2D eigenvalue weighted by molar-refractivity contribution is 0.574. The summed E-state index contributed by atoms with van der Waals surface area (Å²) < 4.78 is 24.1. The van der Waals surface area contributed by atoms with Crippen molar-refractivity contribution in [3.63, 3.8) is 0 Å². The summed E-state index contributed by atoms with van der Waals surface area (Å²) in [7, 11) is -3.42. The van der Waals surface area contributed by atoms with E-state index in [4.69, 9.17) is 11.6 Å². The summed E-state index contributed by atoms with van der Waals surface area (Å²) in [6.07, 6.45) is 2.82. The molecule has 1 atom stereocenters. The van der Waals surface area contributed by atoms with Crippen LogP contribution in [0.2, 0.25) is 0 Å². The molecule has 0 N–H and O–H groups in total. The van der Waals surface area contributed by atoms with Crippen molar-refractivity contribution in [2.24, 2.45) is 5.92 Å². The zero-order chi connectivity index (χ0) is 11.5. The van der Waals surface area contributed by atoms with Crippen LogP contribution in [0.25, 0.3) is 0 Å². The van der Waals surface area contributed by atoms with E-state index in [0.717, 1.165) is 0 Å². The summed E-state index contributed by atoms with van der Waals surface area (Å²) in [6.45, 7) is 1.77. The molecule has 0 spiro atoms. The lowest BCUT2D eigenvalue weighted by Gasteiger charge is -2.06. The Labute approximate surface area is 102 Å². The first-order chi connectivity index (χ1) is 6.95. The average molecular weight is 314 g/mol. The van der Waals surface area contributed by atoms with Crippen LogP contribution in [-0.4, -0.2) is 30.0 Å². The monoisotopic (exact) mass is 312 g/mol. The number of hydrogen-bond acceptors (Lipinski definition) is 4. The molecule has 0 aliphatic heterocycles. The molecule has 0 amide bonds. The zero-order valence-electron chi connectivity index (χ0n) is 8.02. The molecule has 1 heterocycles. The molecule has 4 nitrogen and oxygen atoms in total. The van der Waals surface area contributed by atoms with Crippen molar-refractivity contribution < 1.29 is 8.42 Å². The van der Waals surface area contributed by atoms with Crippen LogP contribution in [0.15, 0.2) is 22.0 Å². The Hall–Kier alpha value is -0.200. The highest BCUT2D eigenvalue weighted by Gasteiger charge is 2.20. The van der Waals surface area contributed by atoms with Gasteiger partial charge in [0.2, 0.25) is 15.0 Å². The standard InChI is InChI=1S/C8H10BrClN2O2S/c1-6(2-10)5-15(13,14)8-11-3-7(9)4-12-8/h3-4,6H,2,5H2,1H3. The third kappa shape index (κ3) is 3.70. The first-order valence-electron chi connectivity index (χ1n) is 4.22. The number of nitrogens with zero attached hydrogens (tertiary/aromatic N) is 2. The van der Waals surface area contributed by atoms with Crippen LogP contribution in [-0.2, 0) is 9.84 Å². The number of hydrogen-bond donors (Lipinski definition) is 0. The molecule has 84 valence electrons. The molecule has 0 bridgehead atoms. The van der Waals surface area contributed by atoms with Crippen LogP contribution in [0.4, 0.5) is 0 Å². The number of sulfone groups is 1. The maximum atomic E-state index is 11.7. The number of rotatable bonds is 4. The Morgan fingerprint density at radius 2 is 2.00 bits per heavy atom. The summed E-state index contributed by atoms with van der Waals surface area (Å²) in [5.41, 5.74) is 0. The van der Waals surface area contributed by atoms with Gasteiger partial charge in [0, 0.05) is 18.3 Å². The maximum absolute atomic E-state index is 11.7. The highest BCUT2D eigenvalue weighted by atomic mass is 79.9. The highest BCUT2D eigenvalue weighted by Crippen LogP contribution is 2.12. The summed E-state index contributed by atoms with van der Waals surface area (Å²) in [5.74, 6) is 0.164. The first-order valence-corrected chi connectivity index (χ1v) is 7.20. The van der Waals surface area contributed by atoms with Gasteiger partial charge in [-0.05, 0) is 21.8 Å². The normalized spacial score (nSPS) is 13.8. The van der Waals surface area contributed by atoms with Crippen molar-refractivity contribution in [3.05, 3.63) is 16.9 Å². The van der Waals surface area contributed by atoms with Crippen molar-refractivity contribution in [2.75, 3.05) is 11.6 Å². The lowest BCUT2D eigenvalue weighted by Crippen LogP contribution is -2.17. The molecule has 0 saturated heterocycles. The van der Waals surface area contributed by atoms with Crippen LogP contribution < -0.4 is 0 Å². The minimum Gasteiger partial charge on any atom is -0.226 e. The number of aromatic nitrogens is 2. The number of halogens is 2. The van der Waals surface area contributed by atoms with Crippen LogP contribution in [0.3, 0.4) is 0 Å².